The van der Waals surface area contributed by atoms with E-state index >= 15 is 0 Å². The maximum atomic E-state index is 10.8. The van der Waals surface area contributed by atoms with E-state index in [1.807, 2.05) is 78.9 Å². The van der Waals surface area contributed by atoms with Gasteiger partial charge in [-0.25, -0.2) is 0 Å². The molecule has 0 spiro atoms. The number of ether oxygens (including phenoxy) is 4. The van der Waals surface area contributed by atoms with E-state index in [1.165, 1.54) is 168 Å². The minimum Gasteiger partial charge on any atom is -0.507 e. The third-order valence-electron chi connectivity index (χ3n) is 31.0. The fourth-order valence-electron chi connectivity index (χ4n) is 26.5. The average Bonchev–Trinajstić information content (AvgIpc) is 1.20. The highest BCUT2D eigenvalue weighted by molar-refractivity contribution is 6.09. The van der Waals surface area contributed by atoms with Gasteiger partial charge in [-0.2, -0.15) is 0 Å². The van der Waals surface area contributed by atoms with E-state index in [9.17, 15) is 25.5 Å². The van der Waals surface area contributed by atoms with Gasteiger partial charge in [0, 0.05) is 26.9 Å². The van der Waals surface area contributed by atoms with Crippen molar-refractivity contribution in [2.45, 2.75) is 221 Å². The van der Waals surface area contributed by atoms with Crippen molar-refractivity contribution in [3.8, 4) is 119 Å². The molecule has 5 N–H and O–H groups in total. The molecule has 16 aromatic carbocycles. The Morgan fingerprint density at radius 1 is 0.216 bits per heavy atom. The van der Waals surface area contributed by atoms with E-state index in [0.717, 1.165) is 132 Å². The largest absolute Gasteiger partial charge is 0.507 e. The van der Waals surface area contributed by atoms with Crippen molar-refractivity contribution in [3.05, 3.63) is 360 Å². The molecule has 756 valence electrons. The first kappa shape index (κ1) is 102. The minimum absolute atomic E-state index is 0.127. The molecule has 0 unspecified atom stereocenters. The Morgan fingerprint density at radius 2 is 0.514 bits per heavy atom. The molecule has 0 atom stereocenters. The number of aromatic hydroxyl groups is 5. The lowest BCUT2D eigenvalue weighted by Crippen LogP contribution is -2.26. The number of benzene rings is 16. The normalized spacial score (nSPS) is 18.1. The highest BCUT2D eigenvalue weighted by atomic mass is 16.7. The van der Waals surface area contributed by atoms with Crippen LogP contribution in [0.1, 0.15) is 245 Å². The molecule has 16 aromatic rings. The van der Waals surface area contributed by atoms with Gasteiger partial charge in [0.25, 0.3) is 0 Å². The standard InChI is InChI=1S/C34H36O.2C27H28O3.C27H30O.C24H24O/c1-22-11-13-24(14-12-22)29-18-30-28(15-16-32(35)31(30)17-23(29)2)27-10-8-7-9-26(27)25-19-33(3,4)21-34(5,6)20-25;1-26(2)13-17(14-27(3,4)15-26)21-11-24-25(30-16-29-24)12-22(21)19-9-10-23(28)20-8-6-5-7-18(19)20;1-26(2)13-17(14-27(3,4)15-26)18-7-5-6-8-19(18)20-9-10-23(28)22-12-25-24(11-21(20)22)29-16-30-25;1-18-10-11-23-22(12-13-25(28)24(23)14-18)21-9-7-6-8-20(21)19-15-26(2,3)17-27(4,5)16-19;25-24-17-16-22(21-14-8-9-15-23(21)24)20-13-7-6-12-19(20)18-10-4-2-1-3-5-11-18/h7-19,35H,20-21H2,1-6H3;2*5-13,28H,14-16H2,1-4H3;6-15,28H,16-17H2,1-5H3;6-10,12-17,25H,1-5,11H2/b;;;;18-10+. The van der Waals surface area contributed by atoms with E-state index in [-0.39, 0.29) is 62.7 Å². The lowest BCUT2D eigenvalue weighted by atomic mass is 9.65. The Balaban J connectivity index is 0.000000117. The summed E-state index contributed by atoms with van der Waals surface area (Å²) in [5.41, 5.74) is 33.0. The summed E-state index contributed by atoms with van der Waals surface area (Å²) in [5, 5.41) is 62.1. The maximum absolute atomic E-state index is 10.8. The molecule has 7 aliphatic rings. The number of allylic oxidation sites excluding steroid dienone is 10. The summed E-state index contributed by atoms with van der Waals surface area (Å²) in [6.45, 7) is 44.4. The summed E-state index contributed by atoms with van der Waals surface area (Å²) in [7, 11) is 0. The summed E-state index contributed by atoms with van der Waals surface area (Å²) in [4.78, 5) is 0. The third-order valence-corrected chi connectivity index (χ3v) is 31.0. The molecular formula is C139H146O9. The van der Waals surface area contributed by atoms with Gasteiger partial charge in [-0.1, -0.05) is 377 Å². The van der Waals surface area contributed by atoms with Gasteiger partial charge in [-0.15, -0.1) is 0 Å². The molecule has 2 aliphatic heterocycles. The van der Waals surface area contributed by atoms with Gasteiger partial charge in [-0.3, -0.25) is 0 Å². The Kier molecular flexibility index (Phi) is 28.2. The second-order valence-electron chi connectivity index (χ2n) is 49.0. The average molecular weight is 1960 g/mol. The molecule has 0 amide bonds. The Hall–Kier alpha value is -14.3. The fraction of sp³-hybridized carbons (Fsp3) is 0.309. The van der Waals surface area contributed by atoms with Gasteiger partial charge < -0.3 is 44.5 Å². The Bertz CT molecular complexity index is 7980. The van der Waals surface area contributed by atoms with Crippen molar-refractivity contribution in [1.82, 2.24) is 0 Å². The Labute approximate surface area is 877 Å². The highest BCUT2D eigenvalue weighted by Gasteiger charge is 2.40. The molecule has 0 fully saturated rings. The van der Waals surface area contributed by atoms with Gasteiger partial charge >= 0.3 is 0 Å². The quantitative estimate of drug-likeness (QED) is 0.0857. The lowest BCUT2D eigenvalue weighted by Gasteiger charge is -2.40. The molecule has 0 saturated carbocycles. The zero-order chi connectivity index (χ0) is 104. The number of phenolic OH excluding ortho intramolecular Hbond substituents is 5. The molecule has 0 bridgehead atoms. The van der Waals surface area contributed by atoms with Gasteiger partial charge in [0.05, 0.1) is 0 Å². The zero-order valence-corrected chi connectivity index (χ0v) is 90.2. The molecule has 0 radical (unpaired) electrons. The van der Waals surface area contributed by atoms with Crippen molar-refractivity contribution >= 4 is 81.7 Å². The summed E-state index contributed by atoms with van der Waals surface area (Å²) in [5.74, 6) is 4.58. The fourth-order valence-corrected chi connectivity index (χ4v) is 26.5. The van der Waals surface area contributed by atoms with Gasteiger partial charge in [0.2, 0.25) is 13.6 Å². The van der Waals surface area contributed by atoms with Crippen LogP contribution in [0.15, 0.2) is 315 Å². The van der Waals surface area contributed by atoms with E-state index in [2.05, 4.69) is 356 Å². The number of hydrogen-bond acceptors (Lipinski definition) is 9. The number of fused-ring (bicyclic) bond motifs is 7. The van der Waals surface area contributed by atoms with Crippen LogP contribution in [0.3, 0.4) is 0 Å². The van der Waals surface area contributed by atoms with E-state index in [4.69, 9.17) is 18.9 Å². The van der Waals surface area contributed by atoms with Gasteiger partial charge in [0.15, 0.2) is 23.0 Å². The van der Waals surface area contributed by atoms with Crippen molar-refractivity contribution in [1.29, 1.82) is 0 Å². The van der Waals surface area contributed by atoms with E-state index in [1.54, 1.807) is 12.1 Å². The van der Waals surface area contributed by atoms with Crippen LogP contribution >= 0.6 is 0 Å². The summed E-state index contributed by atoms with van der Waals surface area (Å²) in [6, 6.07) is 97.9. The van der Waals surface area contributed by atoms with Crippen LogP contribution in [0.5, 0.6) is 51.7 Å². The second-order valence-corrected chi connectivity index (χ2v) is 49.0. The molecule has 23 rings (SSSR count). The molecule has 0 saturated heterocycles. The topological polar surface area (TPSA) is 138 Å². The van der Waals surface area contributed by atoms with E-state index in [0.29, 0.717) is 28.7 Å². The zero-order valence-electron chi connectivity index (χ0n) is 90.2. The van der Waals surface area contributed by atoms with Crippen LogP contribution in [0, 0.1) is 64.1 Å². The van der Waals surface area contributed by atoms with Crippen molar-refractivity contribution in [2.24, 2.45) is 43.3 Å². The number of rotatable bonds is 11. The maximum Gasteiger partial charge on any atom is 0.231 e. The molecular weight excluding hydrogens is 1810 g/mol. The lowest BCUT2D eigenvalue weighted by molar-refractivity contribution is 0.173. The van der Waals surface area contributed by atoms with Crippen LogP contribution in [0.25, 0.3) is 148 Å². The summed E-state index contributed by atoms with van der Waals surface area (Å²) >= 11 is 0. The van der Waals surface area contributed by atoms with Crippen LogP contribution in [-0.4, -0.2) is 39.1 Å². The Morgan fingerprint density at radius 3 is 0.919 bits per heavy atom. The predicted molar refractivity (Wildman–Crippen MR) is 622 cm³/mol. The van der Waals surface area contributed by atoms with Crippen LogP contribution in [0.2, 0.25) is 0 Å². The van der Waals surface area contributed by atoms with Gasteiger partial charge in [0.1, 0.15) is 28.7 Å². The van der Waals surface area contributed by atoms with Crippen molar-refractivity contribution in [3.63, 3.8) is 0 Å². The molecule has 0 aromatic heterocycles. The molecule has 9 nitrogen and oxygen atoms in total. The monoisotopic (exact) mass is 1960 g/mol. The van der Waals surface area contributed by atoms with Crippen LogP contribution in [0.4, 0.5) is 0 Å². The number of phenols is 5. The SMILES string of the molecule is CC1(C)C=C(c2cc3c(cc2-c2ccc(O)c4ccccc24)OCO3)CC(C)(C)C1.CC1(C)C=C(c2ccccc2-c2ccc(O)c3cc4c(cc23)OCO4)CC(C)(C)C1.Cc1ccc(-c2cc3c(-c4ccccc4C4=CC(C)(C)CC(C)(C)C4)ccc(O)c3cc2C)cc1.Cc1ccc2c(-c3ccccc3C3=CC(C)(C)CC(C)(C)C3)ccc(O)c2c1.Oc1ccc(-c2ccccc2/C2=C/CCCCCC2)c2ccccc12. The second kappa shape index (κ2) is 40.7. The molecule has 5 aliphatic carbocycles. The first-order valence-electron chi connectivity index (χ1n) is 53.4. The van der Waals surface area contributed by atoms with Crippen molar-refractivity contribution < 1.29 is 44.5 Å². The molecule has 2 heterocycles. The van der Waals surface area contributed by atoms with E-state index < -0.39 is 0 Å². The van der Waals surface area contributed by atoms with Crippen molar-refractivity contribution in [2.75, 3.05) is 13.6 Å². The predicted octanol–water partition coefficient (Wildman–Crippen LogP) is 38.8. The highest BCUT2D eigenvalue weighted by Crippen LogP contribution is 2.58. The first-order valence-corrected chi connectivity index (χ1v) is 53.4. The minimum atomic E-state index is 0.127. The van der Waals surface area contributed by atoms with Crippen LogP contribution in [-0.2, 0) is 0 Å². The third kappa shape index (κ3) is 22.3. The summed E-state index contributed by atoms with van der Waals surface area (Å²) < 4.78 is 22.6. The van der Waals surface area contributed by atoms with Gasteiger partial charge in [-0.05, 0) is 369 Å². The van der Waals surface area contributed by atoms with Crippen LogP contribution < -0.4 is 18.9 Å². The smallest absolute Gasteiger partial charge is 0.231 e. The first-order chi connectivity index (χ1) is 70.5. The molecule has 148 heavy (non-hydrogen) atoms. The molecule has 9 heteroatoms. The number of aryl methyl sites for hydroxylation is 3. The summed E-state index contributed by atoms with van der Waals surface area (Å²) in [6.07, 6.45) is 28.8. The number of hydrogen-bond donors (Lipinski definition) is 5.